The van der Waals surface area contributed by atoms with Gasteiger partial charge in [-0.05, 0) is 22.8 Å². The molecule has 0 heterocycles. The van der Waals surface area contributed by atoms with E-state index in [1.165, 1.54) is 0 Å². The lowest BCUT2D eigenvalue weighted by Gasteiger charge is -2.05. The third-order valence-corrected chi connectivity index (χ3v) is 2.45. The normalized spacial score (nSPS) is 10.2. The van der Waals surface area contributed by atoms with Crippen LogP contribution in [0.4, 0.5) is 0 Å². The minimum atomic E-state index is -0.759. The summed E-state index contributed by atoms with van der Waals surface area (Å²) >= 11 is 0. The van der Waals surface area contributed by atoms with E-state index >= 15 is 0 Å². The van der Waals surface area contributed by atoms with Crippen LogP contribution in [0.5, 0.6) is 0 Å². The van der Waals surface area contributed by atoms with Crippen LogP contribution in [-0.2, 0) is 11.3 Å². The van der Waals surface area contributed by atoms with Crippen molar-refractivity contribution in [3.8, 4) is 0 Å². The van der Waals surface area contributed by atoms with Gasteiger partial charge < -0.3 is 4.84 Å². The average Bonchev–Trinajstić information content (AvgIpc) is 2.29. The first-order chi connectivity index (χ1) is 7.77. The maximum atomic E-state index is 10.0. The molecule has 82 valence electrons. The highest BCUT2D eigenvalue weighted by molar-refractivity contribution is 5.85. The van der Waals surface area contributed by atoms with Crippen LogP contribution in [0.2, 0.25) is 0 Å². The molecule has 0 spiro atoms. The average molecular weight is 217 g/mol. The van der Waals surface area contributed by atoms with Crippen molar-refractivity contribution in [3.63, 3.8) is 0 Å². The van der Waals surface area contributed by atoms with Crippen molar-refractivity contribution < 1.29 is 9.92 Å². The van der Waals surface area contributed by atoms with Gasteiger partial charge >= 0.3 is 0 Å². The SMILES string of the molecule is O=[N+]([O-])OCCc1cccc2ccccc12. The van der Waals surface area contributed by atoms with Gasteiger partial charge in [0.05, 0.1) is 0 Å². The Labute approximate surface area is 92.6 Å². The van der Waals surface area contributed by atoms with Crippen LogP contribution in [0.1, 0.15) is 5.56 Å². The van der Waals surface area contributed by atoms with Crippen molar-refractivity contribution in [1.82, 2.24) is 0 Å². The Kier molecular flexibility index (Phi) is 3.00. The lowest BCUT2D eigenvalue weighted by Crippen LogP contribution is -2.04. The lowest BCUT2D eigenvalue weighted by atomic mass is 10.0. The summed E-state index contributed by atoms with van der Waals surface area (Å²) < 4.78 is 0. The zero-order valence-corrected chi connectivity index (χ0v) is 8.63. The van der Waals surface area contributed by atoms with Crippen LogP contribution in [0.25, 0.3) is 10.8 Å². The van der Waals surface area contributed by atoms with Gasteiger partial charge in [0.15, 0.2) is 0 Å². The van der Waals surface area contributed by atoms with Crippen molar-refractivity contribution in [2.75, 3.05) is 6.61 Å². The minimum Gasteiger partial charge on any atom is -0.314 e. The lowest BCUT2D eigenvalue weighted by molar-refractivity contribution is -0.757. The molecule has 0 bridgehead atoms. The second kappa shape index (κ2) is 4.61. The molecule has 0 unspecified atom stereocenters. The highest BCUT2D eigenvalue weighted by Gasteiger charge is 2.01. The van der Waals surface area contributed by atoms with Gasteiger partial charge in [-0.3, -0.25) is 0 Å². The molecule has 0 saturated carbocycles. The summed E-state index contributed by atoms with van der Waals surface area (Å²) in [5, 5.41) is 11.5. The van der Waals surface area contributed by atoms with Gasteiger partial charge in [-0.2, -0.15) is 0 Å². The summed E-state index contributed by atoms with van der Waals surface area (Å²) in [7, 11) is 0. The summed E-state index contributed by atoms with van der Waals surface area (Å²) in [5.41, 5.74) is 1.07. The molecule has 0 aliphatic heterocycles. The van der Waals surface area contributed by atoms with E-state index in [-0.39, 0.29) is 6.61 Å². The highest BCUT2D eigenvalue weighted by Crippen LogP contribution is 2.18. The quantitative estimate of drug-likeness (QED) is 0.584. The van der Waals surface area contributed by atoms with Gasteiger partial charge in [0.2, 0.25) is 0 Å². The zero-order valence-electron chi connectivity index (χ0n) is 8.63. The molecule has 2 rings (SSSR count). The number of fused-ring (bicyclic) bond motifs is 1. The van der Waals surface area contributed by atoms with Crippen molar-refractivity contribution in [2.45, 2.75) is 6.42 Å². The fourth-order valence-corrected chi connectivity index (χ4v) is 1.74. The Morgan fingerprint density at radius 1 is 1.12 bits per heavy atom. The van der Waals surface area contributed by atoms with Gasteiger partial charge in [0.25, 0.3) is 5.09 Å². The fraction of sp³-hybridized carbons (Fsp3) is 0.167. The van der Waals surface area contributed by atoms with Crippen molar-refractivity contribution >= 4 is 10.8 Å². The first kappa shape index (κ1) is 10.4. The largest absolute Gasteiger partial charge is 0.314 e. The molecular weight excluding hydrogens is 206 g/mol. The number of benzene rings is 2. The van der Waals surface area contributed by atoms with Crippen LogP contribution < -0.4 is 0 Å². The van der Waals surface area contributed by atoms with Crippen molar-refractivity contribution in [2.24, 2.45) is 0 Å². The van der Waals surface area contributed by atoms with E-state index < -0.39 is 5.09 Å². The van der Waals surface area contributed by atoms with E-state index in [4.69, 9.17) is 0 Å². The molecule has 0 aliphatic carbocycles. The van der Waals surface area contributed by atoms with Crippen LogP contribution in [0, 0.1) is 10.1 Å². The monoisotopic (exact) mass is 217 g/mol. The van der Waals surface area contributed by atoms with Crippen LogP contribution >= 0.6 is 0 Å². The standard InChI is InChI=1S/C12H11NO3/c14-13(15)16-9-8-11-6-3-5-10-4-1-2-7-12(10)11/h1-7H,8-9H2. The predicted molar refractivity (Wildman–Crippen MR) is 60.6 cm³/mol. The van der Waals surface area contributed by atoms with Gasteiger partial charge in [0, 0.05) is 0 Å². The van der Waals surface area contributed by atoms with E-state index in [1.54, 1.807) is 0 Å². The molecule has 0 aromatic heterocycles. The Morgan fingerprint density at radius 2 is 1.88 bits per heavy atom. The maximum absolute atomic E-state index is 10.0. The second-order valence-electron chi connectivity index (χ2n) is 3.45. The van der Waals surface area contributed by atoms with Gasteiger partial charge in [-0.15, -0.1) is 10.1 Å². The number of hydrogen-bond acceptors (Lipinski definition) is 3. The molecule has 16 heavy (non-hydrogen) atoms. The maximum Gasteiger partial charge on any atom is 0.294 e. The van der Waals surface area contributed by atoms with E-state index in [9.17, 15) is 10.1 Å². The Morgan fingerprint density at radius 3 is 2.69 bits per heavy atom. The third kappa shape index (κ3) is 2.28. The van der Waals surface area contributed by atoms with Gasteiger partial charge in [-0.25, -0.2) is 0 Å². The smallest absolute Gasteiger partial charge is 0.294 e. The molecule has 2 aromatic rings. The topological polar surface area (TPSA) is 52.4 Å². The first-order valence-corrected chi connectivity index (χ1v) is 5.01. The highest BCUT2D eigenvalue weighted by atomic mass is 16.9. The molecule has 0 fully saturated rings. The van der Waals surface area contributed by atoms with E-state index in [2.05, 4.69) is 4.84 Å². The minimum absolute atomic E-state index is 0.0982. The van der Waals surface area contributed by atoms with E-state index in [1.807, 2.05) is 42.5 Å². The van der Waals surface area contributed by atoms with E-state index in [0.717, 1.165) is 16.3 Å². The predicted octanol–water partition coefficient (Wildman–Crippen LogP) is 2.59. The van der Waals surface area contributed by atoms with Crippen LogP contribution in [-0.4, -0.2) is 11.7 Å². The van der Waals surface area contributed by atoms with Gasteiger partial charge in [0.1, 0.15) is 6.61 Å². The molecule has 4 nitrogen and oxygen atoms in total. The van der Waals surface area contributed by atoms with Crippen LogP contribution in [0.3, 0.4) is 0 Å². The number of rotatable bonds is 4. The summed E-state index contributed by atoms with van der Waals surface area (Å²) in [4.78, 5) is 14.4. The summed E-state index contributed by atoms with van der Waals surface area (Å²) in [6.07, 6.45) is 0.544. The van der Waals surface area contributed by atoms with Gasteiger partial charge in [-0.1, -0.05) is 42.5 Å². The summed E-state index contributed by atoms with van der Waals surface area (Å²) in [6, 6.07) is 13.9. The summed E-state index contributed by atoms with van der Waals surface area (Å²) in [5.74, 6) is 0. The van der Waals surface area contributed by atoms with Crippen LogP contribution in [0.15, 0.2) is 42.5 Å². The molecule has 0 amide bonds. The molecule has 0 aliphatic rings. The number of hydrogen-bond donors (Lipinski definition) is 0. The Hall–Kier alpha value is -2.10. The number of nitrogens with zero attached hydrogens (tertiary/aromatic N) is 1. The second-order valence-corrected chi connectivity index (χ2v) is 3.45. The fourth-order valence-electron chi connectivity index (χ4n) is 1.74. The first-order valence-electron chi connectivity index (χ1n) is 5.01. The molecule has 2 aromatic carbocycles. The van der Waals surface area contributed by atoms with Crippen molar-refractivity contribution in [3.05, 3.63) is 58.1 Å². The molecule has 0 saturated heterocycles. The zero-order chi connectivity index (χ0) is 11.4. The summed E-state index contributed by atoms with van der Waals surface area (Å²) in [6.45, 7) is 0.0982. The molecule has 0 radical (unpaired) electrons. The molecular formula is C12H11NO3. The molecule has 0 N–H and O–H groups in total. The molecule has 4 heteroatoms. The Balaban J connectivity index is 2.20. The van der Waals surface area contributed by atoms with Crippen molar-refractivity contribution in [1.29, 1.82) is 0 Å². The Bertz CT molecular complexity index is 505. The van der Waals surface area contributed by atoms with E-state index in [0.29, 0.717) is 6.42 Å². The third-order valence-electron chi connectivity index (χ3n) is 2.45. The molecule has 0 atom stereocenters.